The van der Waals surface area contributed by atoms with Gasteiger partial charge in [-0.3, -0.25) is 4.99 Å². The minimum Gasteiger partial charge on any atom is -0.491 e. The lowest BCUT2D eigenvalue weighted by Crippen LogP contribution is -2.35. The third kappa shape index (κ3) is 8.46. The first-order chi connectivity index (χ1) is 10.0. The van der Waals surface area contributed by atoms with Crippen molar-refractivity contribution < 1.29 is 4.74 Å². The fourth-order valence-corrected chi connectivity index (χ4v) is 1.93. The molecule has 1 aromatic carbocycles. The van der Waals surface area contributed by atoms with Gasteiger partial charge in [-0.2, -0.15) is 0 Å². The van der Waals surface area contributed by atoms with Crippen molar-refractivity contribution >= 4 is 29.9 Å². The number of rotatable bonds is 8. The molecule has 3 N–H and O–H groups in total. The maximum Gasteiger partial charge on any atom is 0.188 e. The Morgan fingerprint density at radius 1 is 1.23 bits per heavy atom. The largest absolute Gasteiger partial charge is 0.491 e. The molecule has 0 spiro atoms. The highest BCUT2D eigenvalue weighted by molar-refractivity contribution is 14.0. The molecular formula is C17H30IN3O. The molecule has 1 rings (SSSR count). The number of ether oxygens (including phenoxy) is 1. The van der Waals surface area contributed by atoms with Crippen molar-refractivity contribution in [1.29, 1.82) is 0 Å². The highest BCUT2D eigenvalue weighted by Gasteiger charge is 2.06. The Hall–Kier alpha value is -0.980. The summed E-state index contributed by atoms with van der Waals surface area (Å²) < 4.78 is 5.82. The molecule has 0 saturated heterocycles. The number of nitrogens with two attached hydrogens (primary N) is 1. The van der Waals surface area contributed by atoms with Gasteiger partial charge in [0.25, 0.3) is 0 Å². The summed E-state index contributed by atoms with van der Waals surface area (Å²) in [5.41, 5.74) is 7.03. The Morgan fingerprint density at radius 2 is 1.91 bits per heavy atom. The van der Waals surface area contributed by atoms with E-state index >= 15 is 0 Å². The molecule has 0 saturated carbocycles. The van der Waals surface area contributed by atoms with E-state index in [1.807, 2.05) is 18.2 Å². The lowest BCUT2D eigenvalue weighted by atomic mass is 10.0. The minimum atomic E-state index is 0. The number of hydrogen-bond donors (Lipinski definition) is 2. The van der Waals surface area contributed by atoms with E-state index in [0.717, 1.165) is 18.7 Å². The Morgan fingerprint density at radius 3 is 2.55 bits per heavy atom. The van der Waals surface area contributed by atoms with Gasteiger partial charge in [-0.1, -0.05) is 45.9 Å². The van der Waals surface area contributed by atoms with E-state index in [1.54, 1.807) is 0 Å². The van der Waals surface area contributed by atoms with Gasteiger partial charge in [0.05, 0.1) is 6.54 Å². The molecule has 22 heavy (non-hydrogen) atoms. The highest BCUT2D eigenvalue weighted by Crippen LogP contribution is 2.25. The summed E-state index contributed by atoms with van der Waals surface area (Å²) in [5, 5.41) is 3.08. The third-order valence-electron chi connectivity index (χ3n) is 3.20. The molecule has 0 fully saturated rings. The first-order valence-electron chi connectivity index (χ1n) is 7.76. The van der Waals surface area contributed by atoms with Gasteiger partial charge in [0, 0.05) is 6.54 Å². The molecule has 0 heterocycles. The van der Waals surface area contributed by atoms with Crippen LogP contribution in [0.2, 0.25) is 0 Å². The van der Waals surface area contributed by atoms with E-state index in [4.69, 9.17) is 10.5 Å². The Labute approximate surface area is 151 Å². The minimum absolute atomic E-state index is 0. The smallest absolute Gasteiger partial charge is 0.188 e. The molecule has 0 aliphatic rings. The summed E-state index contributed by atoms with van der Waals surface area (Å²) in [6.45, 7) is 10.7. The van der Waals surface area contributed by atoms with Crippen LogP contribution in [0.25, 0.3) is 0 Å². The fourth-order valence-electron chi connectivity index (χ4n) is 1.93. The molecule has 4 nitrogen and oxygen atoms in total. The van der Waals surface area contributed by atoms with Crippen LogP contribution in [0.15, 0.2) is 29.3 Å². The molecule has 0 aliphatic carbocycles. The molecule has 0 bridgehead atoms. The first kappa shape index (κ1) is 21.0. The number of halogens is 1. The molecule has 0 aliphatic heterocycles. The summed E-state index contributed by atoms with van der Waals surface area (Å²) in [6.07, 6.45) is 1.06. The second-order valence-electron chi connectivity index (χ2n) is 5.92. The van der Waals surface area contributed by atoms with E-state index in [1.165, 1.54) is 5.56 Å². The number of para-hydroxylation sites is 1. The van der Waals surface area contributed by atoms with Crippen molar-refractivity contribution in [2.75, 3.05) is 19.7 Å². The molecule has 0 atom stereocenters. The second-order valence-corrected chi connectivity index (χ2v) is 5.92. The fraction of sp³-hybridized carbons (Fsp3) is 0.588. The van der Waals surface area contributed by atoms with Gasteiger partial charge in [0.1, 0.15) is 12.4 Å². The normalized spacial score (nSPS) is 11.5. The van der Waals surface area contributed by atoms with Gasteiger partial charge in [-0.15, -0.1) is 24.0 Å². The van der Waals surface area contributed by atoms with Gasteiger partial charge in [0.15, 0.2) is 5.96 Å². The van der Waals surface area contributed by atoms with Crippen LogP contribution in [-0.2, 0) is 0 Å². The zero-order valence-electron chi connectivity index (χ0n) is 14.1. The molecule has 126 valence electrons. The summed E-state index contributed by atoms with van der Waals surface area (Å²) in [6, 6.07) is 8.15. The van der Waals surface area contributed by atoms with E-state index in [2.05, 4.69) is 44.1 Å². The second kappa shape index (κ2) is 11.6. The predicted molar refractivity (Wildman–Crippen MR) is 105 cm³/mol. The van der Waals surface area contributed by atoms with Crippen LogP contribution in [0.4, 0.5) is 0 Å². The number of hydrogen-bond acceptors (Lipinski definition) is 2. The van der Waals surface area contributed by atoms with Crippen molar-refractivity contribution in [1.82, 2.24) is 5.32 Å². The molecule has 5 heteroatoms. The average molecular weight is 419 g/mol. The maximum atomic E-state index is 5.82. The SMILES string of the molecule is CC(C)CCN=C(N)NCCOc1ccccc1C(C)C.I. The van der Waals surface area contributed by atoms with Crippen molar-refractivity contribution in [3.8, 4) is 5.75 Å². The molecule has 1 aromatic rings. The van der Waals surface area contributed by atoms with Crippen molar-refractivity contribution in [3.05, 3.63) is 29.8 Å². The van der Waals surface area contributed by atoms with Crippen LogP contribution in [-0.4, -0.2) is 25.7 Å². The molecule has 0 unspecified atom stereocenters. The van der Waals surface area contributed by atoms with Gasteiger partial charge < -0.3 is 15.8 Å². The van der Waals surface area contributed by atoms with Crippen LogP contribution >= 0.6 is 24.0 Å². The zero-order chi connectivity index (χ0) is 15.7. The average Bonchev–Trinajstić information content (AvgIpc) is 2.43. The lowest BCUT2D eigenvalue weighted by molar-refractivity contribution is 0.318. The van der Waals surface area contributed by atoms with Gasteiger partial charge >= 0.3 is 0 Å². The molecular weight excluding hydrogens is 389 g/mol. The van der Waals surface area contributed by atoms with Crippen LogP contribution in [0.3, 0.4) is 0 Å². The van der Waals surface area contributed by atoms with E-state index in [-0.39, 0.29) is 24.0 Å². The van der Waals surface area contributed by atoms with Crippen LogP contribution in [0.5, 0.6) is 5.75 Å². The Bertz CT molecular complexity index is 447. The van der Waals surface area contributed by atoms with E-state index in [9.17, 15) is 0 Å². The summed E-state index contributed by atoms with van der Waals surface area (Å²) in [5.74, 6) is 2.55. The number of aliphatic imine (C=N–C) groups is 1. The Balaban J connectivity index is 0.00000441. The number of benzene rings is 1. The van der Waals surface area contributed by atoms with Gasteiger partial charge in [-0.25, -0.2) is 0 Å². The van der Waals surface area contributed by atoms with Crippen molar-refractivity contribution in [2.24, 2.45) is 16.6 Å². The monoisotopic (exact) mass is 419 g/mol. The molecule has 0 amide bonds. The van der Waals surface area contributed by atoms with Gasteiger partial charge in [0.2, 0.25) is 0 Å². The summed E-state index contributed by atoms with van der Waals surface area (Å²) >= 11 is 0. The number of nitrogens with zero attached hydrogens (tertiary/aromatic N) is 1. The van der Waals surface area contributed by atoms with Crippen molar-refractivity contribution in [3.63, 3.8) is 0 Å². The summed E-state index contributed by atoms with van der Waals surface area (Å²) in [7, 11) is 0. The maximum absolute atomic E-state index is 5.82. The quantitative estimate of drug-likeness (QED) is 0.292. The van der Waals surface area contributed by atoms with Crippen molar-refractivity contribution in [2.45, 2.75) is 40.0 Å². The number of guanidine groups is 1. The number of nitrogens with one attached hydrogen (secondary N) is 1. The standard InChI is InChI=1S/C17H29N3O.HI/c1-13(2)9-10-19-17(18)20-11-12-21-16-8-6-5-7-15(16)14(3)4;/h5-8,13-14H,9-12H2,1-4H3,(H3,18,19,20);1H. The first-order valence-corrected chi connectivity index (χ1v) is 7.76. The predicted octanol–water partition coefficient (Wildman–Crippen LogP) is 3.76. The molecule has 0 aromatic heterocycles. The topological polar surface area (TPSA) is 59.6 Å². The third-order valence-corrected chi connectivity index (χ3v) is 3.20. The highest BCUT2D eigenvalue weighted by atomic mass is 127. The lowest BCUT2D eigenvalue weighted by Gasteiger charge is -2.14. The zero-order valence-corrected chi connectivity index (χ0v) is 16.5. The summed E-state index contributed by atoms with van der Waals surface area (Å²) in [4.78, 5) is 4.28. The Kier molecular flexibility index (Phi) is 11.1. The van der Waals surface area contributed by atoms with Crippen LogP contribution in [0, 0.1) is 5.92 Å². The van der Waals surface area contributed by atoms with Crippen LogP contribution < -0.4 is 15.8 Å². The molecule has 0 radical (unpaired) electrons. The van der Waals surface area contributed by atoms with E-state index in [0.29, 0.717) is 30.9 Å². The van der Waals surface area contributed by atoms with Crippen LogP contribution in [0.1, 0.15) is 45.6 Å². The van der Waals surface area contributed by atoms with Gasteiger partial charge in [-0.05, 0) is 29.9 Å². The van der Waals surface area contributed by atoms with E-state index < -0.39 is 0 Å².